The number of hydrogen-bond acceptors (Lipinski definition) is 2. The molecular formula is C9H18O2. The molecule has 0 amide bonds. The molecule has 2 heteroatoms. The lowest BCUT2D eigenvalue weighted by atomic mass is 9.75. The van der Waals surface area contributed by atoms with Crippen LogP contribution in [0.4, 0.5) is 0 Å². The van der Waals surface area contributed by atoms with E-state index < -0.39 is 11.5 Å². The molecule has 3 atom stereocenters. The lowest BCUT2D eigenvalue weighted by Gasteiger charge is -2.34. The Labute approximate surface area is 68.6 Å². The Kier molecular flexibility index (Phi) is 3.76. The van der Waals surface area contributed by atoms with Gasteiger partial charge in [0.1, 0.15) is 0 Å². The fraction of sp³-hybridized carbons (Fsp3) is 0.778. The Morgan fingerprint density at radius 2 is 2.00 bits per heavy atom. The molecule has 2 nitrogen and oxygen atoms in total. The van der Waals surface area contributed by atoms with Crippen molar-refractivity contribution >= 4 is 0 Å². The quantitative estimate of drug-likeness (QED) is 0.603. The molecule has 0 unspecified atom stereocenters. The summed E-state index contributed by atoms with van der Waals surface area (Å²) in [4.78, 5) is 0. The minimum absolute atomic E-state index is 0.0160. The molecule has 0 aromatic carbocycles. The SMILES string of the molecule is C=C[C@@H](C)[C@@](C)(CO)[C@@H](C)O. The van der Waals surface area contributed by atoms with Crippen molar-refractivity contribution in [2.24, 2.45) is 11.3 Å². The number of aliphatic hydroxyl groups excluding tert-OH is 2. The Hall–Kier alpha value is -0.340. The Morgan fingerprint density at radius 1 is 1.55 bits per heavy atom. The summed E-state index contributed by atoms with van der Waals surface area (Å²) in [6.45, 7) is 9.10. The normalized spacial score (nSPS) is 21.9. The summed E-state index contributed by atoms with van der Waals surface area (Å²) >= 11 is 0. The fourth-order valence-corrected chi connectivity index (χ4v) is 0.926. The average molecular weight is 158 g/mol. The molecule has 0 aliphatic heterocycles. The minimum Gasteiger partial charge on any atom is -0.396 e. The maximum absolute atomic E-state index is 9.37. The predicted octanol–water partition coefficient (Wildman–Crippen LogP) is 1.19. The van der Waals surface area contributed by atoms with Crippen LogP contribution in [0.25, 0.3) is 0 Å². The van der Waals surface area contributed by atoms with Crippen LogP contribution in [-0.2, 0) is 0 Å². The molecule has 0 saturated heterocycles. The summed E-state index contributed by atoms with van der Waals surface area (Å²) in [7, 11) is 0. The number of hydrogen-bond donors (Lipinski definition) is 2. The van der Waals surface area contributed by atoms with Crippen LogP contribution in [0.5, 0.6) is 0 Å². The van der Waals surface area contributed by atoms with Crippen LogP contribution in [0.3, 0.4) is 0 Å². The van der Waals surface area contributed by atoms with Gasteiger partial charge in [-0.1, -0.05) is 19.9 Å². The monoisotopic (exact) mass is 158 g/mol. The van der Waals surface area contributed by atoms with Gasteiger partial charge in [0, 0.05) is 5.41 Å². The second-order valence-electron chi connectivity index (χ2n) is 3.36. The summed E-state index contributed by atoms with van der Waals surface area (Å²) in [5, 5.41) is 18.4. The van der Waals surface area contributed by atoms with E-state index in [9.17, 15) is 5.11 Å². The molecule has 0 spiro atoms. The lowest BCUT2D eigenvalue weighted by molar-refractivity contribution is -0.0178. The standard InChI is InChI=1S/C9H18O2/c1-5-7(2)9(4,6-10)8(3)11/h5,7-8,10-11H,1,6H2,2-4H3/t7-,8-,9-/m1/s1. The first kappa shape index (κ1) is 10.7. The van der Waals surface area contributed by atoms with Crippen molar-refractivity contribution in [3.63, 3.8) is 0 Å². The zero-order chi connectivity index (χ0) is 9.07. The maximum atomic E-state index is 9.37. The third-order valence-electron chi connectivity index (χ3n) is 2.69. The van der Waals surface area contributed by atoms with Gasteiger partial charge in [0.2, 0.25) is 0 Å². The van der Waals surface area contributed by atoms with Gasteiger partial charge in [0.25, 0.3) is 0 Å². The highest BCUT2D eigenvalue weighted by atomic mass is 16.3. The van der Waals surface area contributed by atoms with Crippen molar-refractivity contribution in [2.75, 3.05) is 6.61 Å². The Balaban J connectivity index is 4.44. The molecule has 0 fully saturated rings. The maximum Gasteiger partial charge on any atom is 0.0593 e. The first-order chi connectivity index (χ1) is 4.99. The summed E-state index contributed by atoms with van der Waals surface area (Å²) in [5.74, 6) is 0.118. The van der Waals surface area contributed by atoms with Crippen molar-refractivity contribution in [3.8, 4) is 0 Å². The van der Waals surface area contributed by atoms with Gasteiger partial charge in [-0.2, -0.15) is 0 Å². The van der Waals surface area contributed by atoms with E-state index in [-0.39, 0.29) is 12.5 Å². The van der Waals surface area contributed by atoms with Gasteiger partial charge in [0.05, 0.1) is 12.7 Å². The molecule has 2 N–H and O–H groups in total. The topological polar surface area (TPSA) is 40.5 Å². The highest BCUT2D eigenvalue weighted by Crippen LogP contribution is 2.31. The van der Waals surface area contributed by atoms with Gasteiger partial charge >= 0.3 is 0 Å². The van der Waals surface area contributed by atoms with E-state index in [0.717, 1.165) is 0 Å². The van der Waals surface area contributed by atoms with Crippen LogP contribution in [0.2, 0.25) is 0 Å². The van der Waals surface area contributed by atoms with E-state index in [1.807, 2.05) is 13.8 Å². The minimum atomic E-state index is -0.513. The van der Waals surface area contributed by atoms with E-state index in [1.165, 1.54) is 0 Å². The van der Waals surface area contributed by atoms with Gasteiger partial charge < -0.3 is 10.2 Å². The van der Waals surface area contributed by atoms with Crippen molar-refractivity contribution in [3.05, 3.63) is 12.7 Å². The molecule has 0 aromatic heterocycles. The predicted molar refractivity (Wildman–Crippen MR) is 46.2 cm³/mol. The molecule has 0 aliphatic rings. The molecule has 66 valence electrons. The van der Waals surface area contributed by atoms with Crippen LogP contribution in [0, 0.1) is 11.3 Å². The third kappa shape index (κ3) is 2.04. The van der Waals surface area contributed by atoms with E-state index in [4.69, 9.17) is 5.11 Å². The third-order valence-corrected chi connectivity index (χ3v) is 2.69. The zero-order valence-electron chi connectivity index (χ0n) is 7.54. The van der Waals surface area contributed by atoms with Crippen molar-refractivity contribution < 1.29 is 10.2 Å². The number of rotatable bonds is 4. The van der Waals surface area contributed by atoms with Crippen molar-refractivity contribution in [2.45, 2.75) is 26.9 Å². The Bertz CT molecular complexity index is 132. The molecular weight excluding hydrogens is 140 g/mol. The Morgan fingerprint density at radius 3 is 2.09 bits per heavy atom. The molecule has 0 heterocycles. The van der Waals surface area contributed by atoms with E-state index in [2.05, 4.69) is 6.58 Å². The fourth-order valence-electron chi connectivity index (χ4n) is 0.926. The molecule has 11 heavy (non-hydrogen) atoms. The summed E-state index contributed by atoms with van der Waals surface area (Å²) < 4.78 is 0. The first-order valence-corrected chi connectivity index (χ1v) is 3.90. The van der Waals surface area contributed by atoms with Crippen LogP contribution in [0.1, 0.15) is 20.8 Å². The van der Waals surface area contributed by atoms with Crippen LogP contribution >= 0.6 is 0 Å². The highest BCUT2D eigenvalue weighted by molar-refractivity contribution is 4.92. The van der Waals surface area contributed by atoms with Gasteiger partial charge in [-0.15, -0.1) is 6.58 Å². The molecule has 0 bridgehead atoms. The van der Waals surface area contributed by atoms with Gasteiger partial charge in [0.15, 0.2) is 0 Å². The average Bonchev–Trinajstić information content (AvgIpc) is 2.01. The summed E-state index contributed by atoms with van der Waals surface area (Å²) in [6, 6.07) is 0. The second kappa shape index (κ2) is 3.88. The van der Waals surface area contributed by atoms with Gasteiger partial charge in [-0.3, -0.25) is 0 Å². The van der Waals surface area contributed by atoms with Crippen molar-refractivity contribution in [1.82, 2.24) is 0 Å². The smallest absolute Gasteiger partial charge is 0.0593 e. The van der Waals surface area contributed by atoms with E-state index in [1.54, 1.807) is 13.0 Å². The van der Waals surface area contributed by atoms with Gasteiger partial charge in [-0.25, -0.2) is 0 Å². The lowest BCUT2D eigenvalue weighted by Crippen LogP contribution is -2.38. The molecule has 0 saturated carbocycles. The van der Waals surface area contributed by atoms with Crippen LogP contribution in [-0.4, -0.2) is 22.9 Å². The molecule has 0 radical (unpaired) electrons. The van der Waals surface area contributed by atoms with E-state index >= 15 is 0 Å². The highest BCUT2D eigenvalue weighted by Gasteiger charge is 2.33. The number of aliphatic hydroxyl groups is 2. The van der Waals surface area contributed by atoms with Crippen LogP contribution in [0.15, 0.2) is 12.7 Å². The molecule has 0 aromatic rings. The number of allylic oxidation sites excluding steroid dienone is 1. The second-order valence-corrected chi connectivity index (χ2v) is 3.36. The molecule has 0 aliphatic carbocycles. The first-order valence-electron chi connectivity index (χ1n) is 3.90. The van der Waals surface area contributed by atoms with Gasteiger partial charge in [-0.05, 0) is 12.8 Å². The summed E-state index contributed by atoms with van der Waals surface area (Å²) in [6.07, 6.45) is 1.24. The molecule has 0 rings (SSSR count). The summed E-state index contributed by atoms with van der Waals surface area (Å²) in [5.41, 5.74) is -0.457. The van der Waals surface area contributed by atoms with E-state index in [0.29, 0.717) is 0 Å². The zero-order valence-corrected chi connectivity index (χ0v) is 7.54. The van der Waals surface area contributed by atoms with Crippen molar-refractivity contribution in [1.29, 1.82) is 0 Å². The largest absolute Gasteiger partial charge is 0.396 e. The van der Waals surface area contributed by atoms with Crippen LogP contribution < -0.4 is 0 Å².